The number of aliphatic carboxylic acids is 1. The Kier molecular flexibility index (Phi) is 2.97. The smallest absolute Gasteiger partial charge is 0.325 e. The number of rotatable bonds is 3. The number of nitrogens with zero attached hydrogens (tertiary/aromatic N) is 1. The van der Waals surface area contributed by atoms with E-state index in [0.29, 0.717) is 19.5 Å². The minimum absolute atomic E-state index is 0.0634. The number of furan rings is 1. The maximum atomic E-state index is 11.1. The molecule has 5 heteroatoms. The Labute approximate surface area is 100 Å². The quantitative estimate of drug-likeness (QED) is 0.825. The summed E-state index contributed by atoms with van der Waals surface area (Å²) in [6.07, 6.45) is 0.479. The minimum Gasteiger partial charge on any atom is -0.480 e. The van der Waals surface area contributed by atoms with E-state index in [2.05, 4.69) is 0 Å². The number of carbonyl (C=O) groups is 1. The molecule has 1 fully saturated rings. The highest BCUT2D eigenvalue weighted by molar-refractivity contribution is 5.79. The standard InChI is InChI=1S/C12H18N2O3/c1-8-3-4-10(17-8)9(2)14-6-5-12(13,7-14)11(15)16/h3-4,9H,5-7,13H2,1-2H3,(H,15,16). The van der Waals surface area contributed by atoms with Gasteiger partial charge in [0.05, 0.1) is 6.04 Å². The molecule has 0 bridgehead atoms. The molecule has 2 rings (SSSR count). The normalized spacial score (nSPS) is 27.2. The molecule has 2 atom stereocenters. The molecule has 0 aromatic carbocycles. The second-order valence-corrected chi connectivity index (χ2v) is 4.81. The number of aryl methyl sites for hydroxylation is 1. The van der Waals surface area contributed by atoms with E-state index in [1.807, 2.05) is 30.9 Å². The van der Waals surface area contributed by atoms with E-state index in [4.69, 9.17) is 15.3 Å². The monoisotopic (exact) mass is 238 g/mol. The Morgan fingerprint density at radius 3 is 2.82 bits per heavy atom. The molecule has 0 aliphatic carbocycles. The first kappa shape index (κ1) is 12.1. The van der Waals surface area contributed by atoms with Crippen LogP contribution < -0.4 is 5.73 Å². The van der Waals surface area contributed by atoms with Crippen molar-refractivity contribution in [2.45, 2.75) is 31.8 Å². The van der Waals surface area contributed by atoms with E-state index >= 15 is 0 Å². The molecule has 3 N–H and O–H groups in total. The summed E-state index contributed by atoms with van der Waals surface area (Å²) in [6.45, 7) is 4.95. The van der Waals surface area contributed by atoms with Crippen LogP contribution in [0.25, 0.3) is 0 Å². The van der Waals surface area contributed by atoms with Crippen LogP contribution in [0.1, 0.15) is 30.9 Å². The number of hydrogen-bond donors (Lipinski definition) is 2. The molecule has 1 aliphatic heterocycles. The summed E-state index contributed by atoms with van der Waals surface area (Å²) in [5.41, 5.74) is 4.73. The lowest BCUT2D eigenvalue weighted by molar-refractivity contribution is -0.142. The minimum atomic E-state index is -1.12. The molecular formula is C12H18N2O3. The van der Waals surface area contributed by atoms with Crippen molar-refractivity contribution in [1.82, 2.24) is 4.90 Å². The third-order valence-electron chi connectivity index (χ3n) is 3.48. The number of hydrogen-bond acceptors (Lipinski definition) is 4. The molecule has 2 unspecified atom stereocenters. The number of carboxylic acids is 1. The van der Waals surface area contributed by atoms with Crippen molar-refractivity contribution >= 4 is 5.97 Å². The van der Waals surface area contributed by atoms with Crippen LogP contribution in [0.2, 0.25) is 0 Å². The third kappa shape index (κ3) is 2.21. The molecule has 5 nitrogen and oxygen atoms in total. The molecule has 1 aliphatic rings. The van der Waals surface area contributed by atoms with Crippen LogP contribution in [-0.4, -0.2) is 34.6 Å². The lowest BCUT2D eigenvalue weighted by Gasteiger charge is -2.24. The Hall–Kier alpha value is -1.33. The summed E-state index contributed by atoms with van der Waals surface area (Å²) in [4.78, 5) is 13.1. The van der Waals surface area contributed by atoms with Crippen LogP contribution in [0, 0.1) is 6.92 Å². The van der Waals surface area contributed by atoms with Crippen LogP contribution in [0.15, 0.2) is 16.5 Å². The van der Waals surface area contributed by atoms with Gasteiger partial charge in [-0.2, -0.15) is 0 Å². The Morgan fingerprint density at radius 1 is 1.65 bits per heavy atom. The maximum Gasteiger partial charge on any atom is 0.325 e. The molecule has 1 saturated heterocycles. The van der Waals surface area contributed by atoms with Crippen molar-refractivity contribution in [3.63, 3.8) is 0 Å². The second-order valence-electron chi connectivity index (χ2n) is 4.81. The predicted octanol–water partition coefficient (Wildman–Crippen LogP) is 1.14. The molecule has 0 amide bonds. The zero-order valence-corrected chi connectivity index (χ0v) is 10.1. The summed E-state index contributed by atoms with van der Waals surface area (Å²) in [7, 11) is 0. The lowest BCUT2D eigenvalue weighted by atomic mass is 10.0. The van der Waals surface area contributed by atoms with Gasteiger partial charge >= 0.3 is 5.97 Å². The predicted molar refractivity (Wildman–Crippen MR) is 62.6 cm³/mol. The van der Waals surface area contributed by atoms with Gasteiger partial charge in [-0.15, -0.1) is 0 Å². The van der Waals surface area contributed by atoms with Gasteiger partial charge < -0.3 is 15.3 Å². The molecule has 1 aromatic heterocycles. The van der Waals surface area contributed by atoms with E-state index in [1.54, 1.807) is 0 Å². The van der Waals surface area contributed by atoms with Crippen molar-refractivity contribution in [3.05, 3.63) is 23.7 Å². The highest BCUT2D eigenvalue weighted by atomic mass is 16.4. The first-order chi connectivity index (χ1) is 7.92. The van der Waals surface area contributed by atoms with Crippen molar-refractivity contribution in [2.24, 2.45) is 5.73 Å². The highest BCUT2D eigenvalue weighted by Crippen LogP contribution is 2.29. The average molecular weight is 238 g/mol. The van der Waals surface area contributed by atoms with Crippen molar-refractivity contribution in [1.29, 1.82) is 0 Å². The first-order valence-electron chi connectivity index (χ1n) is 5.75. The van der Waals surface area contributed by atoms with Crippen LogP contribution in [0.4, 0.5) is 0 Å². The average Bonchev–Trinajstić information content (AvgIpc) is 2.85. The van der Waals surface area contributed by atoms with Gasteiger partial charge in [0.25, 0.3) is 0 Å². The molecule has 17 heavy (non-hydrogen) atoms. The topological polar surface area (TPSA) is 79.7 Å². The summed E-state index contributed by atoms with van der Waals surface area (Å²) in [5.74, 6) is 0.795. The van der Waals surface area contributed by atoms with Gasteiger partial charge in [-0.1, -0.05) is 0 Å². The number of nitrogens with two attached hydrogens (primary N) is 1. The van der Waals surface area contributed by atoms with Crippen LogP contribution in [0.3, 0.4) is 0 Å². The lowest BCUT2D eigenvalue weighted by Crippen LogP contribution is -2.50. The summed E-state index contributed by atoms with van der Waals surface area (Å²) < 4.78 is 5.56. The fourth-order valence-corrected chi connectivity index (χ4v) is 2.23. The SMILES string of the molecule is Cc1ccc(C(C)N2CCC(N)(C(=O)O)C2)o1. The fraction of sp³-hybridized carbons (Fsp3) is 0.583. The van der Waals surface area contributed by atoms with E-state index in [9.17, 15) is 4.79 Å². The first-order valence-corrected chi connectivity index (χ1v) is 5.75. The Balaban J connectivity index is 2.08. The zero-order chi connectivity index (χ0) is 12.6. The molecule has 94 valence electrons. The zero-order valence-electron chi connectivity index (χ0n) is 10.1. The largest absolute Gasteiger partial charge is 0.480 e. The van der Waals surface area contributed by atoms with Gasteiger partial charge in [-0.3, -0.25) is 9.69 Å². The molecular weight excluding hydrogens is 220 g/mol. The van der Waals surface area contributed by atoms with Crippen molar-refractivity contribution < 1.29 is 14.3 Å². The van der Waals surface area contributed by atoms with Gasteiger partial charge in [0.1, 0.15) is 17.1 Å². The molecule has 0 spiro atoms. The van der Waals surface area contributed by atoms with Crippen molar-refractivity contribution in [3.8, 4) is 0 Å². The fourth-order valence-electron chi connectivity index (χ4n) is 2.23. The molecule has 1 aromatic rings. The van der Waals surface area contributed by atoms with Gasteiger partial charge in [-0.25, -0.2) is 0 Å². The van der Waals surface area contributed by atoms with E-state index < -0.39 is 11.5 Å². The summed E-state index contributed by atoms with van der Waals surface area (Å²) in [6, 6.07) is 3.90. The maximum absolute atomic E-state index is 11.1. The van der Waals surface area contributed by atoms with E-state index in [-0.39, 0.29) is 6.04 Å². The second kappa shape index (κ2) is 4.16. The molecule has 0 saturated carbocycles. The molecule has 0 radical (unpaired) electrons. The van der Waals surface area contributed by atoms with Gasteiger partial charge in [0.2, 0.25) is 0 Å². The Bertz CT molecular complexity index is 429. The highest BCUT2D eigenvalue weighted by Gasteiger charge is 2.43. The van der Waals surface area contributed by atoms with Gasteiger partial charge in [-0.05, 0) is 32.4 Å². The van der Waals surface area contributed by atoms with E-state index in [0.717, 1.165) is 11.5 Å². The van der Waals surface area contributed by atoms with E-state index in [1.165, 1.54) is 0 Å². The van der Waals surface area contributed by atoms with Crippen LogP contribution >= 0.6 is 0 Å². The summed E-state index contributed by atoms with van der Waals surface area (Å²) >= 11 is 0. The number of carboxylic acid groups (broad SMARTS) is 1. The van der Waals surface area contributed by atoms with Gasteiger partial charge in [0.15, 0.2) is 0 Å². The van der Waals surface area contributed by atoms with Crippen molar-refractivity contribution in [2.75, 3.05) is 13.1 Å². The summed E-state index contributed by atoms with van der Waals surface area (Å²) in [5, 5.41) is 9.07. The molecule has 2 heterocycles. The van der Waals surface area contributed by atoms with Gasteiger partial charge in [0, 0.05) is 13.1 Å². The van der Waals surface area contributed by atoms with Crippen LogP contribution in [0.5, 0.6) is 0 Å². The third-order valence-corrected chi connectivity index (χ3v) is 3.48. The Morgan fingerprint density at radius 2 is 2.35 bits per heavy atom. The van der Waals surface area contributed by atoms with Crippen LogP contribution in [-0.2, 0) is 4.79 Å². The number of likely N-dealkylation sites (tertiary alicyclic amines) is 1.